The molecule has 3 unspecified atom stereocenters. The number of carbonyl (C=O) groups excluding carboxylic acids is 2. The monoisotopic (exact) mass is 497 g/mol. The largest absolute Gasteiger partial charge is 0.443 e. The number of nitrogens with one attached hydrogen (secondary N) is 3. The van der Waals surface area contributed by atoms with E-state index in [4.69, 9.17) is 24.2 Å². The fourth-order valence-electron chi connectivity index (χ4n) is 5.66. The normalized spacial score (nSPS) is 32.6. The molecule has 3 rings (SSSR count). The Bertz CT molecular complexity index is 756. The zero-order chi connectivity index (χ0) is 25.6. The Morgan fingerprint density at radius 2 is 1.74 bits per heavy atom. The third-order valence-corrected chi connectivity index (χ3v) is 7.51. The maximum absolute atomic E-state index is 12.8. The molecule has 200 valence electrons. The molecule has 10 heteroatoms. The number of hydroxylamine groups is 1. The molecule has 0 aromatic carbocycles. The standard InChI is InChI=1S/C25H43N3O7/c1-16(2)11-13-33-24(3,4)22-21(32-5)19(10-12-25(22)15-34-25)35-23(30)28-18-8-6-17(7-9-18)27-20(29)14-26-31/h11,17-19,21-22,26,31H,6-10,12-15H2,1-5H3,(H,27,29)(H,28,30)/t17?,18?,19?,21?,22?,25-/m0/s1. The summed E-state index contributed by atoms with van der Waals surface area (Å²) < 4.78 is 24.0. The Morgan fingerprint density at radius 1 is 1.11 bits per heavy atom. The quantitative estimate of drug-likeness (QED) is 0.206. The van der Waals surface area contributed by atoms with Crippen LogP contribution in [-0.2, 0) is 23.7 Å². The highest BCUT2D eigenvalue weighted by Crippen LogP contribution is 2.52. The van der Waals surface area contributed by atoms with Crippen molar-refractivity contribution < 1.29 is 33.7 Å². The van der Waals surface area contributed by atoms with Gasteiger partial charge in [0, 0.05) is 25.1 Å². The van der Waals surface area contributed by atoms with Crippen LogP contribution in [0.2, 0.25) is 0 Å². The molecule has 35 heavy (non-hydrogen) atoms. The summed E-state index contributed by atoms with van der Waals surface area (Å²) in [6, 6.07) is 0.0409. The number of rotatable bonds is 10. The van der Waals surface area contributed by atoms with Crippen molar-refractivity contribution in [2.24, 2.45) is 5.92 Å². The van der Waals surface area contributed by atoms with Crippen molar-refractivity contribution in [2.75, 3.05) is 26.9 Å². The van der Waals surface area contributed by atoms with E-state index in [-0.39, 0.29) is 42.2 Å². The topological polar surface area (TPSA) is 131 Å². The summed E-state index contributed by atoms with van der Waals surface area (Å²) >= 11 is 0. The van der Waals surface area contributed by atoms with Crippen molar-refractivity contribution in [3.8, 4) is 0 Å². The average molecular weight is 498 g/mol. The minimum atomic E-state index is -0.532. The van der Waals surface area contributed by atoms with E-state index in [9.17, 15) is 9.59 Å². The number of carbonyl (C=O) groups is 2. The summed E-state index contributed by atoms with van der Waals surface area (Å²) in [5, 5.41) is 14.5. The van der Waals surface area contributed by atoms with E-state index in [1.807, 2.05) is 19.3 Å². The summed E-state index contributed by atoms with van der Waals surface area (Å²) in [6.07, 6.45) is 5.34. The fraction of sp³-hybridized carbons (Fsp3) is 0.840. The minimum absolute atomic E-state index is 0.00560. The van der Waals surface area contributed by atoms with Crippen LogP contribution < -0.4 is 16.1 Å². The summed E-state index contributed by atoms with van der Waals surface area (Å²) in [5.41, 5.74) is 2.23. The van der Waals surface area contributed by atoms with E-state index in [1.165, 1.54) is 5.57 Å². The van der Waals surface area contributed by atoms with Gasteiger partial charge < -0.3 is 34.8 Å². The molecule has 0 radical (unpaired) electrons. The zero-order valence-corrected chi connectivity index (χ0v) is 21.7. The van der Waals surface area contributed by atoms with Crippen LogP contribution in [0.25, 0.3) is 0 Å². The SMILES string of the molecule is COC1C(OC(=O)NC2CCC(NC(=O)CNO)CC2)CC[C@]2(CO2)C1C(C)(C)OCC=C(C)C. The van der Waals surface area contributed by atoms with Gasteiger partial charge in [-0.3, -0.25) is 4.79 Å². The summed E-state index contributed by atoms with van der Waals surface area (Å²) in [7, 11) is 1.65. The first-order chi connectivity index (χ1) is 16.6. The van der Waals surface area contributed by atoms with E-state index in [0.29, 0.717) is 19.6 Å². The molecule has 3 aliphatic rings. The molecule has 0 aromatic heterocycles. The number of hydrogen-bond acceptors (Lipinski definition) is 8. The maximum Gasteiger partial charge on any atom is 0.407 e. The van der Waals surface area contributed by atoms with Crippen LogP contribution >= 0.6 is 0 Å². The van der Waals surface area contributed by atoms with Crippen LogP contribution in [0, 0.1) is 5.92 Å². The Balaban J connectivity index is 1.54. The highest BCUT2D eigenvalue weighted by molar-refractivity contribution is 5.78. The molecule has 2 amide bonds. The minimum Gasteiger partial charge on any atom is -0.443 e. The van der Waals surface area contributed by atoms with Crippen molar-refractivity contribution in [3.63, 3.8) is 0 Å². The molecule has 0 bridgehead atoms. The van der Waals surface area contributed by atoms with Gasteiger partial charge in [0.25, 0.3) is 0 Å². The van der Waals surface area contributed by atoms with E-state index in [2.05, 4.69) is 30.6 Å². The number of epoxide rings is 1. The van der Waals surface area contributed by atoms with Crippen LogP contribution in [0.15, 0.2) is 11.6 Å². The van der Waals surface area contributed by atoms with Gasteiger partial charge in [0.15, 0.2) is 0 Å². The van der Waals surface area contributed by atoms with Crippen molar-refractivity contribution in [1.82, 2.24) is 16.1 Å². The van der Waals surface area contributed by atoms with Gasteiger partial charge in [-0.25, -0.2) is 4.79 Å². The molecule has 1 heterocycles. The highest BCUT2D eigenvalue weighted by atomic mass is 16.6. The van der Waals surface area contributed by atoms with Crippen molar-refractivity contribution in [2.45, 2.75) is 102 Å². The van der Waals surface area contributed by atoms with Crippen molar-refractivity contribution in [1.29, 1.82) is 0 Å². The Hall–Kier alpha value is -1.72. The van der Waals surface area contributed by atoms with Crippen molar-refractivity contribution in [3.05, 3.63) is 11.6 Å². The van der Waals surface area contributed by atoms with E-state index in [0.717, 1.165) is 32.1 Å². The molecule has 10 nitrogen and oxygen atoms in total. The number of amides is 2. The predicted octanol–water partition coefficient (Wildman–Crippen LogP) is 2.44. The number of alkyl carbamates (subject to hydrolysis) is 1. The van der Waals surface area contributed by atoms with Gasteiger partial charge in [-0.1, -0.05) is 11.6 Å². The van der Waals surface area contributed by atoms with Gasteiger partial charge in [0.2, 0.25) is 5.91 Å². The van der Waals surface area contributed by atoms with Crippen molar-refractivity contribution >= 4 is 12.0 Å². The van der Waals surface area contributed by atoms with Crippen LogP contribution in [0.5, 0.6) is 0 Å². The third-order valence-electron chi connectivity index (χ3n) is 7.51. The molecule has 4 N–H and O–H groups in total. The lowest BCUT2D eigenvalue weighted by Gasteiger charge is -2.47. The number of hydrogen-bond donors (Lipinski definition) is 4. The van der Waals surface area contributed by atoms with Crippen LogP contribution in [0.3, 0.4) is 0 Å². The Morgan fingerprint density at radius 3 is 2.29 bits per heavy atom. The Labute approximate surface area is 208 Å². The molecular formula is C25H43N3O7. The Kier molecular flexibility index (Phi) is 9.56. The third kappa shape index (κ3) is 7.39. The average Bonchev–Trinajstić information content (AvgIpc) is 3.55. The van der Waals surface area contributed by atoms with E-state index in [1.54, 1.807) is 7.11 Å². The molecule has 1 saturated heterocycles. The molecule has 0 aromatic rings. The number of ether oxygens (including phenoxy) is 4. The fourth-order valence-corrected chi connectivity index (χ4v) is 5.66. The van der Waals surface area contributed by atoms with E-state index < -0.39 is 17.8 Å². The van der Waals surface area contributed by atoms with Crippen LogP contribution in [-0.4, -0.2) is 79.6 Å². The van der Waals surface area contributed by atoms with Gasteiger partial charge in [-0.05, 0) is 66.2 Å². The second kappa shape index (κ2) is 12.0. The lowest BCUT2D eigenvalue weighted by atomic mass is 9.68. The first kappa shape index (κ1) is 27.9. The van der Waals surface area contributed by atoms with Gasteiger partial charge in [-0.15, -0.1) is 0 Å². The molecule has 4 atom stereocenters. The summed E-state index contributed by atoms with van der Waals surface area (Å²) in [6.45, 7) is 9.24. The highest BCUT2D eigenvalue weighted by Gasteiger charge is 2.64. The summed E-state index contributed by atoms with van der Waals surface area (Å²) in [4.78, 5) is 24.4. The lowest BCUT2D eigenvalue weighted by Crippen LogP contribution is -2.59. The smallest absolute Gasteiger partial charge is 0.407 e. The molecular weight excluding hydrogens is 454 g/mol. The van der Waals surface area contributed by atoms with E-state index >= 15 is 0 Å². The molecule has 2 saturated carbocycles. The first-order valence-corrected chi connectivity index (χ1v) is 12.7. The lowest BCUT2D eigenvalue weighted by molar-refractivity contribution is -0.172. The molecule has 2 aliphatic carbocycles. The maximum atomic E-state index is 12.8. The molecule has 3 fully saturated rings. The summed E-state index contributed by atoms with van der Waals surface area (Å²) in [5.74, 6) is -0.324. The van der Waals surface area contributed by atoms with Gasteiger partial charge in [0.05, 0.1) is 31.0 Å². The molecule has 1 aliphatic heterocycles. The van der Waals surface area contributed by atoms with Gasteiger partial charge >= 0.3 is 6.09 Å². The van der Waals surface area contributed by atoms with Gasteiger partial charge in [-0.2, -0.15) is 5.48 Å². The zero-order valence-electron chi connectivity index (χ0n) is 21.7. The number of allylic oxidation sites excluding steroid dienone is 1. The van der Waals surface area contributed by atoms with Crippen LogP contribution in [0.4, 0.5) is 4.79 Å². The first-order valence-electron chi connectivity index (χ1n) is 12.7. The van der Waals surface area contributed by atoms with Gasteiger partial charge in [0.1, 0.15) is 12.2 Å². The number of methoxy groups -OCH3 is 1. The molecule has 1 spiro atoms. The predicted molar refractivity (Wildman–Crippen MR) is 129 cm³/mol. The van der Waals surface area contributed by atoms with Crippen LogP contribution in [0.1, 0.15) is 66.2 Å². The second-order valence-electron chi connectivity index (χ2n) is 10.8. The second-order valence-corrected chi connectivity index (χ2v) is 10.8.